The largest absolute Gasteiger partial charge is 0.479 e. The lowest BCUT2D eigenvalue weighted by molar-refractivity contribution is -0.156. The van der Waals surface area contributed by atoms with E-state index < -0.39 is 82.9 Å². The second-order valence-electron chi connectivity index (χ2n) is 13.0. The van der Waals surface area contributed by atoms with Crippen LogP contribution < -0.4 is 15.6 Å². The van der Waals surface area contributed by atoms with Crippen molar-refractivity contribution in [1.29, 1.82) is 0 Å². The molecule has 1 N–H and O–H groups in total. The van der Waals surface area contributed by atoms with Gasteiger partial charge in [0.15, 0.2) is 23.2 Å². The number of hydrogen-bond acceptors (Lipinski definition) is 7. The number of aromatic nitrogens is 2. The molecule has 0 saturated carbocycles. The second kappa shape index (κ2) is 14.9. The summed E-state index contributed by atoms with van der Waals surface area (Å²) in [4.78, 5) is 52.3. The van der Waals surface area contributed by atoms with Crippen LogP contribution in [0.5, 0.6) is 5.75 Å². The van der Waals surface area contributed by atoms with Crippen LogP contribution in [0.4, 0.5) is 17.6 Å². The Kier molecular flexibility index (Phi) is 11.7. The Labute approximate surface area is 270 Å². The minimum atomic E-state index is -1.87. The number of halogens is 4. The molecule has 254 valence electrons. The van der Waals surface area contributed by atoms with E-state index in [2.05, 4.69) is 31.2 Å². The van der Waals surface area contributed by atoms with Crippen molar-refractivity contribution < 1.29 is 41.4 Å². The van der Waals surface area contributed by atoms with Crippen molar-refractivity contribution in [3.63, 3.8) is 0 Å². The van der Waals surface area contributed by atoms with E-state index in [1.54, 1.807) is 33.8 Å². The van der Waals surface area contributed by atoms with Crippen molar-refractivity contribution in [2.24, 2.45) is 0 Å². The molecule has 1 amide bonds. The number of esters is 1. The highest BCUT2D eigenvalue weighted by Gasteiger charge is 2.32. The topological polar surface area (TPSA) is 117 Å². The number of benzene rings is 2. The first-order chi connectivity index (χ1) is 21.8. The van der Waals surface area contributed by atoms with Crippen LogP contribution in [0.15, 0.2) is 47.3 Å². The number of nitrogens with one attached hydrogen (secondary N) is 1. The lowest BCUT2D eigenvalue weighted by Crippen LogP contribution is -2.48. The average molecular weight is 662 g/mol. The van der Waals surface area contributed by atoms with Crippen molar-refractivity contribution in [3.05, 3.63) is 92.9 Å². The molecule has 0 aliphatic carbocycles. The molecule has 9 nitrogen and oxygen atoms in total. The molecule has 0 radical (unpaired) electrons. The molecular formula is C34H39F4N3O6. The summed E-state index contributed by atoms with van der Waals surface area (Å²) in [6, 6.07) is 7.68. The first-order valence-corrected chi connectivity index (χ1v) is 15.0. The van der Waals surface area contributed by atoms with Crippen LogP contribution in [-0.2, 0) is 31.0 Å². The molecule has 0 bridgehead atoms. The molecule has 2 aromatic carbocycles. The number of nitrogens with zero attached hydrogens (tertiary/aromatic N) is 2. The predicted octanol–water partition coefficient (Wildman–Crippen LogP) is 5.50. The molecule has 1 unspecified atom stereocenters. The van der Waals surface area contributed by atoms with Gasteiger partial charge in [0.05, 0.1) is 12.1 Å². The van der Waals surface area contributed by atoms with E-state index in [0.717, 1.165) is 15.8 Å². The lowest BCUT2D eigenvalue weighted by atomic mass is 9.82. The van der Waals surface area contributed by atoms with E-state index >= 15 is 0 Å². The Balaban J connectivity index is 1.89. The number of ether oxygens (including phenoxy) is 2. The maximum Gasteiger partial charge on any atom is 0.308 e. The Morgan fingerprint density at radius 2 is 1.55 bits per heavy atom. The SMILES string of the molecule is CC[C@@H](C(=O)NC(CC(=O)OC(C)(C)C)C(=O)COc1c(F)c(F)cc(F)c1F)n1nc(Cc2ccccc2C(C)(C)C)ccc1=O. The smallest absolute Gasteiger partial charge is 0.308 e. The van der Waals surface area contributed by atoms with Crippen molar-refractivity contribution >= 4 is 17.7 Å². The third kappa shape index (κ3) is 9.72. The Morgan fingerprint density at radius 3 is 2.13 bits per heavy atom. The zero-order valence-corrected chi connectivity index (χ0v) is 27.4. The van der Waals surface area contributed by atoms with Crippen LogP contribution in [0.25, 0.3) is 0 Å². The van der Waals surface area contributed by atoms with Crippen LogP contribution in [0.2, 0.25) is 0 Å². The van der Waals surface area contributed by atoms with E-state index in [0.29, 0.717) is 12.1 Å². The van der Waals surface area contributed by atoms with Gasteiger partial charge in [0, 0.05) is 18.6 Å². The van der Waals surface area contributed by atoms with Crippen LogP contribution in [0, 0.1) is 23.3 Å². The fraction of sp³-hybridized carbons (Fsp3) is 0.441. The normalized spacial score (nSPS) is 13.1. The standard InChI is InChI=1S/C34H39F4N3O6/c1-8-25(41-27(43)14-13-20(40-41)15-19-11-9-10-12-21(19)33(2,3)4)32(45)39-24(17-28(44)47-34(5,6)7)26(42)18-46-31-29(37)22(35)16-23(36)30(31)38/h9-14,16,24-25H,8,15,17-18H2,1-7H3,(H,39,45)/t24?,25-/m0/s1. The molecular weight excluding hydrogens is 622 g/mol. The minimum Gasteiger partial charge on any atom is -0.479 e. The molecule has 0 fully saturated rings. The van der Waals surface area contributed by atoms with Crippen molar-refractivity contribution in [3.8, 4) is 5.75 Å². The number of carbonyl (C=O) groups is 3. The van der Waals surface area contributed by atoms with Crippen molar-refractivity contribution in [1.82, 2.24) is 15.1 Å². The van der Waals surface area contributed by atoms with Crippen LogP contribution in [0.3, 0.4) is 0 Å². The first-order valence-electron chi connectivity index (χ1n) is 15.0. The molecule has 47 heavy (non-hydrogen) atoms. The summed E-state index contributed by atoms with van der Waals surface area (Å²) in [6.07, 6.45) is -0.323. The van der Waals surface area contributed by atoms with E-state index in [-0.39, 0.29) is 17.9 Å². The zero-order valence-electron chi connectivity index (χ0n) is 27.4. The van der Waals surface area contributed by atoms with E-state index in [4.69, 9.17) is 9.47 Å². The summed E-state index contributed by atoms with van der Waals surface area (Å²) in [5, 5.41) is 6.84. The van der Waals surface area contributed by atoms with Crippen LogP contribution >= 0.6 is 0 Å². The number of ketones is 1. The number of Topliss-reactive ketones (excluding diaryl/α,β-unsaturated/α-hetero) is 1. The van der Waals surface area contributed by atoms with Crippen LogP contribution in [-0.4, -0.2) is 45.7 Å². The first kappa shape index (κ1) is 36.9. The van der Waals surface area contributed by atoms with Gasteiger partial charge in [0.25, 0.3) is 5.56 Å². The van der Waals surface area contributed by atoms with Gasteiger partial charge in [-0.15, -0.1) is 0 Å². The molecule has 0 spiro atoms. The molecule has 1 aromatic heterocycles. The van der Waals surface area contributed by atoms with Gasteiger partial charge < -0.3 is 14.8 Å². The molecule has 1 heterocycles. The highest BCUT2D eigenvalue weighted by atomic mass is 19.2. The summed E-state index contributed by atoms with van der Waals surface area (Å²) in [5.41, 5.74) is 0.814. The molecule has 13 heteroatoms. The fourth-order valence-corrected chi connectivity index (χ4v) is 4.84. The third-order valence-electron chi connectivity index (χ3n) is 6.99. The highest BCUT2D eigenvalue weighted by molar-refractivity contribution is 5.94. The van der Waals surface area contributed by atoms with Gasteiger partial charge in [-0.05, 0) is 49.8 Å². The lowest BCUT2D eigenvalue weighted by Gasteiger charge is -2.25. The van der Waals surface area contributed by atoms with E-state index in [9.17, 15) is 36.7 Å². The van der Waals surface area contributed by atoms with E-state index in [1.807, 2.05) is 24.3 Å². The van der Waals surface area contributed by atoms with Gasteiger partial charge in [0.1, 0.15) is 24.3 Å². The third-order valence-corrected chi connectivity index (χ3v) is 6.99. The highest BCUT2D eigenvalue weighted by Crippen LogP contribution is 2.28. The van der Waals surface area contributed by atoms with Crippen molar-refractivity contribution in [2.45, 2.75) is 90.8 Å². The van der Waals surface area contributed by atoms with Gasteiger partial charge in [-0.3, -0.25) is 19.2 Å². The Hall–Kier alpha value is -4.55. The average Bonchev–Trinajstić information content (AvgIpc) is 2.96. The molecule has 3 rings (SSSR count). The summed E-state index contributed by atoms with van der Waals surface area (Å²) in [6.45, 7) is 11.4. The van der Waals surface area contributed by atoms with Gasteiger partial charge >= 0.3 is 5.97 Å². The van der Waals surface area contributed by atoms with Gasteiger partial charge in [-0.25, -0.2) is 13.5 Å². The summed E-state index contributed by atoms with van der Waals surface area (Å²) < 4.78 is 66.6. The monoisotopic (exact) mass is 661 g/mol. The summed E-state index contributed by atoms with van der Waals surface area (Å²) in [7, 11) is 0. The summed E-state index contributed by atoms with van der Waals surface area (Å²) >= 11 is 0. The van der Waals surface area contributed by atoms with Crippen molar-refractivity contribution in [2.75, 3.05) is 6.61 Å². The quantitative estimate of drug-likeness (QED) is 0.155. The van der Waals surface area contributed by atoms with E-state index in [1.165, 1.54) is 6.07 Å². The number of hydrogen-bond donors (Lipinski definition) is 1. The van der Waals surface area contributed by atoms with Gasteiger partial charge in [0.2, 0.25) is 17.5 Å². The zero-order chi connectivity index (χ0) is 35.3. The van der Waals surface area contributed by atoms with Gasteiger partial charge in [-0.2, -0.15) is 13.9 Å². The Morgan fingerprint density at radius 1 is 0.936 bits per heavy atom. The Bertz CT molecular complexity index is 1670. The molecule has 0 aliphatic heterocycles. The second-order valence-corrected chi connectivity index (χ2v) is 13.0. The van der Waals surface area contributed by atoms with Gasteiger partial charge in [-0.1, -0.05) is 52.0 Å². The molecule has 2 atom stereocenters. The molecule has 0 aliphatic rings. The van der Waals surface area contributed by atoms with Crippen LogP contribution in [0.1, 0.15) is 84.2 Å². The molecule has 3 aromatic rings. The maximum atomic E-state index is 14.1. The fourth-order valence-electron chi connectivity index (χ4n) is 4.84. The number of rotatable bonds is 12. The summed E-state index contributed by atoms with van der Waals surface area (Å²) in [5.74, 6) is -11.6. The molecule has 0 saturated heterocycles. The number of amides is 1. The predicted molar refractivity (Wildman–Crippen MR) is 165 cm³/mol. The minimum absolute atomic E-state index is 0.0237. The maximum absolute atomic E-state index is 14.1. The number of carbonyl (C=O) groups excluding carboxylic acids is 3.